The van der Waals surface area contributed by atoms with Crippen molar-refractivity contribution >= 4 is 11.7 Å². The zero-order valence-corrected chi connectivity index (χ0v) is 21.3. The van der Waals surface area contributed by atoms with Crippen molar-refractivity contribution in [1.29, 1.82) is 0 Å². The molecule has 0 unspecified atom stereocenters. The van der Waals surface area contributed by atoms with Crippen LogP contribution in [-0.2, 0) is 29.0 Å². The number of hydrogen-bond acceptors (Lipinski definition) is 5. The lowest BCUT2D eigenvalue weighted by atomic mass is 9.97. The van der Waals surface area contributed by atoms with Crippen LogP contribution in [0.1, 0.15) is 42.5 Å². The Morgan fingerprint density at radius 2 is 1.61 bits per heavy atom. The van der Waals surface area contributed by atoms with Gasteiger partial charge in [0.25, 0.3) is 0 Å². The zero-order chi connectivity index (χ0) is 25.5. The molecule has 0 bridgehead atoms. The lowest BCUT2D eigenvalue weighted by Crippen LogP contribution is -2.13. The fraction of sp³-hybridized carbons (Fsp3) is 0.367. The lowest BCUT2D eigenvalue weighted by molar-refractivity contribution is -0.136. The molecule has 0 radical (unpaired) electrons. The molecule has 0 heterocycles. The molecule has 4 rings (SSSR count). The van der Waals surface area contributed by atoms with E-state index in [0.717, 1.165) is 52.3 Å². The third-order valence-corrected chi connectivity index (χ3v) is 6.48. The van der Waals surface area contributed by atoms with Crippen LogP contribution in [0.15, 0.2) is 54.6 Å². The third-order valence-electron chi connectivity index (χ3n) is 6.48. The van der Waals surface area contributed by atoms with E-state index in [0.29, 0.717) is 26.4 Å². The Bertz CT molecular complexity index is 1150. The maximum absolute atomic E-state index is 11.0. The van der Waals surface area contributed by atoms with Gasteiger partial charge in [0.05, 0.1) is 32.3 Å². The van der Waals surface area contributed by atoms with Gasteiger partial charge in [-0.3, -0.25) is 4.79 Å². The van der Waals surface area contributed by atoms with E-state index >= 15 is 0 Å². The van der Waals surface area contributed by atoms with Crippen molar-refractivity contribution in [2.24, 2.45) is 0 Å². The summed E-state index contributed by atoms with van der Waals surface area (Å²) >= 11 is 0. The van der Waals surface area contributed by atoms with E-state index in [-0.39, 0.29) is 12.5 Å². The summed E-state index contributed by atoms with van der Waals surface area (Å²) in [6, 6.07) is 18.7. The molecule has 0 aliphatic heterocycles. The minimum Gasteiger partial charge on any atom is -0.493 e. The molecule has 2 N–H and O–H groups in total. The van der Waals surface area contributed by atoms with Gasteiger partial charge in [-0.1, -0.05) is 30.3 Å². The summed E-state index contributed by atoms with van der Waals surface area (Å²) in [6.07, 6.45) is 2.02. The summed E-state index contributed by atoms with van der Waals surface area (Å²) in [5, 5.41) is 12.2. The van der Waals surface area contributed by atoms with Crippen LogP contribution < -0.4 is 14.8 Å². The van der Waals surface area contributed by atoms with Crippen molar-refractivity contribution in [3.8, 4) is 22.6 Å². The topological polar surface area (TPSA) is 77.0 Å². The molecular weight excluding hydrogens is 454 g/mol. The second kappa shape index (κ2) is 12.0. The molecule has 3 aromatic carbocycles. The van der Waals surface area contributed by atoms with Gasteiger partial charge >= 0.3 is 5.97 Å². The van der Waals surface area contributed by atoms with E-state index in [9.17, 15) is 4.79 Å². The van der Waals surface area contributed by atoms with Crippen LogP contribution in [-0.4, -0.2) is 36.9 Å². The first-order valence-corrected chi connectivity index (χ1v) is 12.7. The average Bonchev–Trinajstić information content (AvgIpc) is 3.28. The molecule has 0 spiro atoms. The molecule has 0 amide bonds. The van der Waals surface area contributed by atoms with Gasteiger partial charge in [0, 0.05) is 17.8 Å². The molecule has 0 saturated carbocycles. The molecule has 0 fully saturated rings. The number of carboxylic acid groups (broad SMARTS) is 1. The highest BCUT2D eigenvalue weighted by Crippen LogP contribution is 2.37. The fourth-order valence-electron chi connectivity index (χ4n) is 4.69. The molecule has 6 nitrogen and oxygen atoms in total. The van der Waals surface area contributed by atoms with Crippen LogP contribution in [0.25, 0.3) is 11.1 Å². The second-order valence-corrected chi connectivity index (χ2v) is 9.02. The summed E-state index contributed by atoms with van der Waals surface area (Å²) in [5.41, 5.74) is 7.63. The maximum Gasteiger partial charge on any atom is 0.305 e. The first-order valence-electron chi connectivity index (χ1n) is 12.7. The molecule has 0 aromatic heterocycles. The first-order chi connectivity index (χ1) is 17.5. The van der Waals surface area contributed by atoms with Crippen molar-refractivity contribution < 1.29 is 24.1 Å². The van der Waals surface area contributed by atoms with Crippen molar-refractivity contribution in [2.45, 2.75) is 52.7 Å². The molecule has 0 atom stereocenters. The van der Waals surface area contributed by atoms with Crippen LogP contribution in [0, 0.1) is 6.92 Å². The standard InChI is InChI=1S/C30H35NO5/c1-4-34-28-17-23(18-29(20(28)3)35-5-2)27-11-10-25(31-13-12-30(32)33)14-24(27)19-36-26-15-21-8-6-7-9-22(21)16-26/h6-11,14,17-18,26,31H,4-5,12-13,15-16,19H2,1-3H3,(H,32,33). The van der Waals surface area contributed by atoms with E-state index in [1.165, 1.54) is 11.1 Å². The second-order valence-electron chi connectivity index (χ2n) is 9.02. The van der Waals surface area contributed by atoms with Gasteiger partial charge in [-0.05, 0) is 85.7 Å². The van der Waals surface area contributed by atoms with E-state index < -0.39 is 5.97 Å². The van der Waals surface area contributed by atoms with Gasteiger partial charge in [-0.2, -0.15) is 0 Å². The van der Waals surface area contributed by atoms with Crippen LogP contribution in [0.2, 0.25) is 0 Å². The Labute approximate surface area is 213 Å². The van der Waals surface area contributed by atoms with Gasteiger partial charge < -0.3 is 24.6 Å². The highest BCUT2D eigenvalue weighted by Gasteiger charge is 2.22. The summed E-state index contributed by atoms with van der Waals surface area (Å²) < 4.78 is 18.3. The number of carboxylic acids is 1. The van der Waals surface area contributed by atoms with Crippen LogP contribution >= 0.6 is 0 Å². The maximum atomic E-state index is 11.0. The van der Waals surface area contributed by atoms with E-state index in [4.69, 9.17) is 19.3 Å². The Hall–Kier alpha value is -3.51. The largest absolute Gasteiger partial charge is 0.493 e. The molecule has 190 valence electrons. The van der Waals surface area contributed by atoms with Gasteiger partial charge in [-0.15, -0.1) is 0 Å². The zero-order valence-electron chi connectivity index (χ0n) is 21.3. The minimum absolute atomic E-state index is 0.0569. The number of nitrogens with one attached hydrogen (secondary N) is 1. The van der Waals surface area contributed by atoms with E-state index in [1.54, 1.807) is 0 Å². The Balaban J connectivity index is 1.63. The first kappa shape index (κ1) is 25.6. The van der Waals surface area contributed by atoms with Crippen molar-refractivity contribution in [3.05, 3.63) is 76.9 Å². The number of carbonyl (C=O) groups is 1. The van der Waals surface area contributed by atoms with Gasteiger partial charge in [0.1, 0.15) is 11.5 Å². The van der Waals surface area contributed by atoms with Gasteiger partial charge in [0.15, 0.2) is 0 Å². The quantitative estimate of drug-likeness (QED) is 0.323. The highest BCUT2D eigenvalue weighted by molar-refractivity contribution is 5.74. The Morgan fingerprint density at radius 1 is 0.972 bits per heavy atom. The van der Waals surface area contributed by atoms with Crippen LogP contribution in [0.5, 0.6) is 11.5 Å². The normalized spacial score (nSPS) is 12.9. The van der Waals surface area contributed by atoms with E-state index in [2.05, 4.69) is 53.8 Å². The predicted octanol–water partition coefficient (Wildman–Crippen LogP) is 6.03. The smallest absolute Gasteiger partial charge is 0.305 e. The molecular formula is C30H35NO5. The monoisotopic (exact) mass is 489 g/mol. The summed E-state index contributed by atoms with van der Waals surface area (Å²) in [7, 11) is 0. The molecule has 1 aliphatic rings. The lowest BCUT2D eigenvalue weighted by Gasteiger charge is -2.19. The van der Waals surface area contributed by atoms with Gasteiger partial charge in [0.2, 0.25) is 0 Å². The average molecular weight is 490 g/mol. The molecule has 36 heavy (non-hydrogen) atoms. The summed E-state index contributed by atoms with van der Waals surface area (Å²) in [6.45, 7) is 7.91. The van der Waals surface area contributed by atoms with Crippen molar-refractivity contribution in [3.63, 3.8) is 0 Å². The molecule has 3 aromatic rings. The van der Waals surface area contributed by atoms with Crippen LogP contribution in [0.4, 0.5) is 5.69 Å². The van der Waals surface area contributed by atoms with Crippen molar-refractivity contribution in [2.75, 3.05) is 25.1 Å². The third kappa shape index (κ3) is 6.18. The fourth-order valence-corrected chi connectivity index (χ4v) is 4.69. The molecule has 0 saturated heterocycles. The highest BCUT2D eigenvalue weighted by atomic mass is 16.5. The summed E-state index contributed by atoms with van der Waals surface area (Å²) in [4.78, 5) is 11.0. The Kier molecular flexibility index (Phi) is 8.49. The van der Waals surface area contributed by atoms with Gasteiger partial charge in [-0.25, -0.2) is 0 Å². The number of ether oxygens (including phenoxy) is 3. The predicted molar refractivity (Wildman–Crippen MR) is 142 cm³/mol. The van der Waals surface area contributed by atoms with Crippen LogP contribution in [0.3, 0.4) is 0 Å². The number of benzene rings is 3. The minimum atomic E-state index is -0.824. The Morgan fingerprint density at radius 3 is 2.19 bits per heavy atom. The number of hydrogen-bond donors (Lipinski definition) is 2. The summed E-state index contributed by atoms with van der Waals surface area (Å²) in [5.74, 6) is 0.787. The van der Waals surface area contributed by atoms with Crippen molar-refractivity contribution in [1.82, 2.24) is 0 Å². The van der Waals surface area contributed by atoms with E-state index in [1.807, 2.05) is 26.8 Å². The molecule has 1 aliphatic carbocycles. The SMILES string of the molecule is CCOc1cc(-c2ccc(NCCC(=O)O)cc2COC2Cc3ccccc3C2)cc(OCC)c1C. The number of rotatable bonds is 12. The number of anilines is 1. The molecule has 6 heteroatoms. The number of aliphatic carboxylic acids is 1. The number of fused-ring (bicyclic) bond motifs is 1.